The zero-order valence-electron chi connectivity index (χ0n) is 14.1. The SMILES string of the molecule is CCCCCCCCC(Oc1ccccc1)c1ccccc1O. The Hall–Kier alpha value is -1.96. The lowest BCUT2D eigenvalue weighted by Crippen LogP contribution is -2.08. The third-order valence-corrected chi connectivity index (χ3v) is 4.13. The quantitative estimate of drug-likeness (QED) is 0.524. The van der Waals surface area contributed by atoms with E-state index in [9.17, 15) is 5.11 Å². The fourth-order valence-corrected chi connectivity index (χ4v) is 2.81. The Morgan fingerprint density at radius 2 is 1.48 bits per heavy atom. The van der Waals surface area contributed by atoms with E-state index in [0.29, 0.717) is 5.75 Å². The molecule has 0 heterocycles. The molecule has 0 bridgehead atoms. The molecule has 1 atom stereocenters. The molecule has 2 nitrogen and oxygen atoms in total. The van der Waals surface area contributed by atoms with Crippen LogP contribution in [0.1, 0.15) is 63.5 Å². The average molecular weight is 312 g/mol. The van der Waals surface area contributed by atoms with Gasteiger partial charge in [0.15, 0.2) is 0 Å². The lowest BCUT2D eigenvalue weighted by molar-refractivity contribution is 0.186. The first-order valence-corrected chi connectivity index (χ1v) is 8.81. The maximum Gasteiger partial charge on any atom is 0.127 e. The summed E-state index contributed by atoms with van der Waals surface area (Å²) in [5, 5.41) is 10.2. The van der Waals surface area contributed by atoms with Crippen molar-refractivity contribution in [3.63, 3.8) is 0 Å². The van der Waals surface area contributed by atoms with Gasteiger partial charge in [0, 0.05) is 5.56 Å². The van der Waals surface area contributed by atoms with E-state index in [4.69, 9.17) is 4.74 Å². The molecular formula is C21H28O2. The van der Waals surface area contributed by atoms with Crippen LogP contribution in [0, 0.1) is 0 Å². The highest BCUT2D eigenvalue weighted by molar-refractivity contribution is 5.35. The fourth-order valence-electron chi connectivity index (χ4n) is 2.81. The molecule has 23 heavy (non-hydrogen) atoms. The summed E-state index contributed by atoms with van der Waals surface area (Å²) in [6.07, 6.45) is 8.38. The minimum absolute atomic E-state index is 0.0928. The van der Waals surface area contributed by atoms with Crippen LogP contribution in [-0.4, -0.2) is 5.11 Å². The second-order valence-corrected chi connectivity index (χ2v) is 6.03. The van der Waals surface area contributed by atoms with Crippen LogP contribution in [-0.2, 0) is 0 Å². The van der Waals surface area contributed by atoms with Crippen LogP contribution in [0.2, 0.25) is 0 Å². The molecule has 124 valence electrons. The maximum absolute atomic E-state index is 10.2. The first-order valence-electron chi connectivity index (χ1n) is 8.81. The first-order chi connectivity index (χ1) is 11.3. The molecule has 2 aromatic rings. The number of benzene rings is 2. The zero-order valence-corrected chi connectivity index (χ0v) is 14.1. The molecular weight excluding hydrogens is 284 g/mol. The van der Waals surface area contributed by atoms with Gasteiger partial charge in [0.05, 0.1) is 0 Å². The summed E-state index contributed by atoms with van der Waals surface area (Å²) in [5.74, 6) is 1.17. The minimum atomic E-state index is -0.0928. The van der Waals surface area contributed by atoms with Gasteiger partial charge < -0.3 is 9.84 Å². The van der Waals surface area contributed by atoms with E-state index in [1.165, 1.54) is 32.1 Å². The summed E-state index contributed by atoms with van der Waals surface area (Å²) in [7, 11) is 0. The standard InChI is InChI=1S/C21H28O2/c1-2-3-4-5-6-10-17-21(19-15-11-12-16-20(19)22)23-18-13-8-7-9-14-18/h7-9,11-16,21-22H,2-6,10,17H2,1H3. The van der Waals surface area contributed by atoms with Crippen LogP contribution >= 0.6 is 0 Å². The van der Waals surface area contributed by atoms with Crippen molar-refractivity contribution in [3.8, 4) is 11.5 Å². The third-order valence-electron chi connectivity index (χ3n) is 4.13. The third kappa shape index (κ3) is 5.97. The number of unbranched alkanes of at least 4 members (excludes halogenated alkanes) is 5. The summed E-state index contributed by atoms with van der Waals surface area (Å²) in [6, 6.07) is 17.4. The number of phenolic OH excluding ortho intramolecular Hbond substituents is 1. The Kier molecular flexibility index (Phi) is 7.51. The van der Waals surface area contributed by atoms with Gasteiger partial charge in [-0.15, -0.1) is 0 Å². The zero-order chi connectivity index (χ0) is 16.3. The second kappa shape index (κ2) is 9.94. The molecule has 2 heteroatoms. The van der Waals surface area contributed by atoms with Gasteiger partial charge in [-0.3, -0.25) is 0 Å². The van der Waals surface area contributed by atoms with Gasteiger partial charge in [-0.05, 0) is 31.0 Å². The molecule has 0 saturated heterocycles. The van der Waals surface area contributed by atoms with Crippen molar-refractivity contribution in [2.45, 2.75) is 58.0 Å². The minimum Gasteiger partial charge on any atom is -0.508 e. The van der Waals surface area contributed by atoms with E-state index >= 15 is 0 Å². The largest absolute Gasteiger partial charge is 0.508 e. The number of hydrogen-bond acceptors (Lipinski definition) is 2. The smallest absolute Gasteiger partial charge is 0.127 e. The normalized spacial score (nSPS) is 12.0. The van der Waals surface area contributed by atoms with Crippen molar-refractivity contribution < 1.29 is 9.84 Å². The van der Waals surface area contributed by atoms with Crippen molar-refractivity contribution in [1.29, 1.82) is 0 Å². The van der Waals surface area contributed by atoms with E-state index in [1.54, 1.807) is 6.07 Å². The summed E-state index contributed by atoms with van der Waals surface area (Å²) in [5.41, 5.74) is 0.880. The molecule has 1 unspecified atom stereocenters. The van der Waals surface area contributed by atoms with Gasteiger partial charge >= 0.3 is 0 Å². The van der Waals surface area contributed by atoms with E-state index in [1.807, 2.05) is 48.5 Å². The Balaban J connectivity index is 1.96. The number of aromatic hydroxyl groups is 1. The molecule has 2 aromatic carbocycles. The predicted molar refractivity (Wildman–Crippen MR) is 95.9 cm³/mol. The van der Waals surface area contributed by atoms with Gasteiger partial charge in [0.1, 0.15) is 17.6 Å². The molecule has 0 aromatic heterocycles. The number of ether oxygens (including phenoxy) is 1. The average Bonchev–Trinajstić information content (AvgIpc) is 2.58. The lowest BCUT2D eigenvalue weighted by atomic mass is 10.0. The highest BCUT2D eigenvalue weighted by Gasteiger charge is 2.16. The Morgan fingerprint density at radius 1 is 0.826 bits per heavy atom. The van der Waals surface area contributed by atoms with Gasteiger partial charge in [0.25, 0.3) is 0 Å². The van der Waals surface area contributed by atoms with E-state index in [-0.39, 0.29) is 6.10 Å². The van der Waals surface area contributed by atoms with Crippen LogP contribution in [0.5, 0.6) is 11.5 Å². The number of phenols is 1. The van der Waals surface area contributed by atoms with Crippen LogP contribution in [0.15, 0.2) is 54.6 Å². The molecule has 0 amide bonds. The predicted octanol–water partition coefficient (Wildman–Crippen LogP) is 6.26. The monoisotopic (exact) mass is 312 g/mol. The summed E-state index contributed by atoms with van der Waals surface area (Å²) < 4.78 is 6.15. The Bertz CT molecular complexity index is 551. The van der Waals surface area contributed by atoms with Gasteiger partial charge in [-0.1, -0.05) is 75.4 Å². The van der Waals surface area contributed by atoms with Crippen molar-refractivity contribution in [2.75, 3.05) is 0 Å². The topological polar surface area (TPSA) is 29.5 Å². The van der Waals surface area contributed by atoms with Crippen molar-refractivity contribution in [3.05, 3.63) is 60.2 Å². The lowest BCUT2D eigenvalue weighted by Gasteiger charge is -2.20. The van der Waals surface area contributed by atoms with Gasteiger partial charge in [-0.2, -0.15) is 0 Å². The molecule has 0 aliphatic rings. The van der Waals surface area contributed by atoms with Crippen LogP contribution in [0.3, 0.4) is 0 Å². The molecule has 0 aliphatic heterocycles. The van der Waals surface area contributed by atoms with Crippen molar-refractivity contribution in [1.82, 2.24) is 0 Å². The van der Waals surface area contributed by atoms with Crippen molar-refractivity contribution in [2.24, 2.45) is 0 Å². The molecule has 0 fully saturated rings. The number of rotatable bonds is 10. The van der Waals surface area contributed by atoms with Gasteiger partial charge in [0.2, 0.25) is 0 Å². The summed E-state index contributed by atoms with van der Waals surface area (Å²) in [6.45, 7) is 2.24. The first kappa shape index (κ1) is 17.4. The number of para-hydroxylation sites is 2. The van der Waals surface area contributed by atoms with E-state index < -0.39 is 0 Å². The van der Waals surface area contributed by atoms with Crippen molar-refractivity contribution >= 4 is 0 Å². The van der Waals surface area contributed by atoms with E-state index in [2.05, 4.69) is 6.92 Å². The van der Waals surface area contributed by atoms with E-state index in [0.717, 1.165) is 24.2 Å². The molecule has 0 radical (unpaired) electrons. The molecule has 0 aliphatic carbocycles. The molecule has 2 rings (SSSR count). The highest BCUT2D eigenvalue weighted by atomic mass is 16.5. The second-order valence-electron chi connectivity index (χ2n) is 6.03. The van der Waals surface area contributed by atoms with Crippen LogP contribution in [0.4, 0.5) is 0 Å². The highest BCUT2D eigenvalue weighted by Crippen LogP contribution is 2.32. The Labute approximate surface area is 140 Å². The molecule has 1 N–H and O–H groups in total. The number of hydrogen-bond donors (Lipinski definition) is 1. The fraction of sp³-hybridized carbons (Fsp3) is 0.429. The maximum atomic E-state index is 10.2. The van der Waals surface area contributed by atoms with Crippen LogP contribution < -0.4 is 4.74 Å². The summed E-state index contributed by atoms with van der Waals surface area (Å²) in [4.78, 5) is 0. The molecule has 0 spiro atoms. The molecule has 0 saturated carbocycles. The Morgan fingerprint density at radius 3 is 2.22 bits per heavy atom. The van der Waals surface area contributed by atoms with Crippen LogP contribution in [0.25, 0.3) is 0 Å². The van der Waals surface area contributed by atoms with Gasteiger partial charge in [-0.25, -0.2) is 0 Å². The summed E-state index contributed by atoms with van der Waals surface area (Å²) >= 11 is 0.